The third kappa shape index (κ3) is 4.82. The predicted molar refractivity (Wildman–Crippen MR) is 131 cm³/mol. The minimum Gasteiger partial charge on any atom is -0.382 e. The van der Waals surface area contributed by atoms with E-state index in [0.717, 1.165) is 24.2 Å². The second kappa shape index (κ2) is 11.1. The van der Waals surface area contributed by atoms with Crippen LogP contribution in [0.25, 0.3) is 16.8 Å². The smallest absolute Gasteiger partial charge is 0.299 e. The van der Waals surface area contributed by atoms with E-state index in [1.54, 1.807) is 37.2 Å². The van der Waals surface area contributed by atoms with Crippen LogP contribution in [0.5, 0.6) is 0 Å². The number of hydrogen-bond donors (Lipinski definition) is 2. The summed E-state index contributed by atoms with van der Waals surface area (Å²) in [5.74, 6) is 6.04. The molecule has 1 aromatic carbocycles. The Morgan fingerprint density at radius 2 is 1.91 bits per heavy atom. The number of carbonyl (C=O) groups excluding carboxylic acids is 2. The molecule has 2 amide bonds. The summed E-state index contributed by atoms with van der Waals surface area (Å²) in [5, 5.41) is 2.61. The fourth-order valence-corrected chi connectivity index (χ4v) is 3.90. The van der Waals surface area contributed by atoms with Crippen molar-refractivity contribution in [1.82, 2.24) is 24.6 Å². The molecule has 1 fully saturated rings. The lowest BCUT2D eigenvalue weighted by Gasteiger charge is -2.21. The van der Waals surface area contributed by atoms with E-state index in [9.17, 15) is 9.59 Å². The van der Waals surface area contributed by atoms with Gasteiger partial charge < -0.3 is 16.0 Å². The molecule has 1 unspecified atom stereocenters. The number of amides is 2. The number of benzene rings is 1. The number of carbonyl (C=O) groups is 2. The molecule has 0 radical (unpaired) electrons. The molecule has 0 saturated carbocycles. The number of nitrogens with two attached hydrogens (primary N) is 1. The number of nitrogens with zero attached hydrogens (tertiary/aromatic N) is 4. The Bertz CT molecular complexity index is 1190. The van der Waals surface area contributed by atoms with E-state index in [-0.39, 0.29) is 25.3 Å². The molecule has 1 aliphatic rings. The fourth-order valence-electron chi connectivity index (χ4n) is 3.90. The standard InChI is InChI=1S/C22H22N6O2.C2H6.CH4/c1-3-5-17(29)27-12-4-6-16(27)21-26-18(19-20(23)25-11-13-28(19)21)14-7-9-15(10-8-14)22(30)24-2;1-2;/h7-11,13,16H,4,6,12H2,1-2H3,(H2,23,25)(H,24,30);1-2H3;1H4. The summed E-state index contributed by atoms with van der Waals surface area (Å²) in [6.45, 7) is 6.30. The highest BCUT2D eigenvalue weighted by Gasteiger charge is 2.33. The second-order valence-corrected chi connectivity index (χ2v) is 7.04. The lowest BCUT2D eigenvalue weighted by atomic mass is 10.1. The molecular weight excluding hydrogens is 416 g/mol. The normalized spacial score (nSPS) is 14.4. The first kappa shape index (κ1) is 25.4. The first-order valence-corrected chi connectivity index (χ1v) is 10.7. The van der Waals surface area contributed by atoms with Crippen molar-refractivity contribution in [1.29, 1.82) is 0 Å². The molecule has 0 aliphatic carbocycles. The SMILES string of the molecule is C.CC.CC#CC(=O)N1CCCC1c1nc(-c2ccc(C(=O)NC)cc2)c2c(N)nccn12. The van der Waals surface area contributed by atoms with Gasteiger partial charge >= 0.3 is 0 Å². The molecule has 1 saturated heterocycles. The van der Waals surface area contributed by atoms with Crippen LogP contribution in [0.4, 0.5) is 5.82 Å². The van der Waals surface area contributed by atoms with Gasteiger partial charge in [0.15, 0.2) is 0 Å². The Balaban J connectivity index is 0.00000125. The number of anilines is 1. The number of rotatable bonds is 3. The second-order valence-electron chi connectivity index (χ2n) is 7.04. The van der Waals surface area contributed by atoms with Gasteiger partial charge in [-0.3, -0.25) is 14.0 Å². The van der Waals surface area contributed by atoms with Crippen molar-refractivity contribution in [3.05, 3.63) is 48.0 Å². The van der Waals surface area contributed by atoms with Crippen molar-refractivity contribution in [2.24, 2.45) is 0 Å². The summed E-state index contributed by atoms with van der Waals surface area (Å²) in [5.41, 5.74) is 8.93. The molecule has 3 aromatic rings. The van der Waals surface area contributed by atoms with Gasteiger partial charge in [0, 0.05) is 37.1 Å². The van der Waals surface area contributed by atoms with Gasteiger partial charge in [-0.1, -0.05) is 39.3 Å². The minimum atomic E-state index is -0.199. The van der Waals surface area contributed by atoms with Gasteiger partial charge in [0.2, 0.25) is 0 Å². The number of nitrogens with one attached hydrogen (secondary N) is 1. The maximum Gasteiger partial charge on any atom is 0.299 e. The summed E-state index contributed by atoms with van der Waals surface area (Å²) in [4.78, 5) is 35.2. The van der Waals surface area contributed by atoms with Crippen LogP contribution in [0.15, 0.2) is 36.7 Å². The zero-order chi connectivity index (χ0) is 23.3. The molecular formula is C25H32N6O2. The largest absolute Gasteiger partial charge is 0.382 e. The summed E-state index contributed by atoms with van der Waals surface area (Å²) in [7, 11) is 1.59. The highest BCUT2D eigenvalue weighted by molar-refractivity contribution is 5.95. The molecule has 8 heteroatoms. The van der Waals surface area contributed by atoms with Crippen molar-refractivity contribution in [3.63, 3.8) is 0 Å². The van der Waals surface area contributed by atoms with Crippen molar-refractivity contribution in [2.45, 2.75) is 47.1 Å². The zero-order valence-electron chi connectivity index (χ0n) is 18.8. The van der Waals surface area contributed by atoms with Gasteiger partial charge in [0.05, 0.1) is 6.04 Å². The highest BCUT2D eigenvalue weighted by atomic mass is 16.2. The number of likely N-dealkylation sites (tertiary alicyclic amines) is 1. The first-order chi connectivity index (χ1) is 15.5. The Kier molecular flexibility index (Phi) is 8.57. The Morgan fingerprint density at radius 1 is 1.21 bits per heavy atom. The van der Waals surface area contributed by atoms with E-state index < -0.39 is 0 Å². The van der Waals surface area contributed by atoms with Crippen molar-refractivity contribution >= 4 is 23.1 Å². The lowest BCUT2D eigenvalue weighted by Crippen LogP contribution is -2.30. The number of hydrogen-bond acceptors (Lipinski definition) is 5. The van der Waals surface area contributed by atoms with E-state index in [4.69, 9.17) is 10.7 Å². The number of nitrogen functional groups attached to an aromatic ring is 1. The minimum absolute atomic E-state index is 0. The van der Waals surface area contributed by atoms with Gasteiger partial charge in [-0.25, -0.2) is 9.97 Å². The monoisotopic (exact) mass is 448 g/mol. The van der Waals surface area contributed by atoms with Gasteiger partial charge in [-0.05, 0) is 37.8 Å². The maximum atomic E-state index is 12.5. The van der Waals surface area contributed by atoms with E-state index in [2.05, 4.69) is 22.1 Å². The average molecular weight is 449 g/mol. The van der Waals surface area contributed by atoms with Crippen molar-refractivity contribution in [3.8, 4) is 23.1 Å². The Morgan fingerprint density at radius 3 is 2.55 bits per heavy atom. The molecule has 8 nitrogen and oxygen atoms in total. The molecule has 3 heterocycles. The van der Waals surface area contributed by atoms with Crippen LogP contribution in [0.3, 0.4) is 0 Å². The molecule has 2 aromatic heterocycles. The molecule has 0 bridgehead atoms. The Labute approximate surface area is 195 Å². The number of fused-ring (bicyclic) bond motifs is 1. The maximum absolute atomic E-state index is 12.5. The van der Waals surface area contributed by atoms with Crippen molar-refractivity contribution in [2.75, 3.05) is 19.3 Å². The summed E-state index contributed by atoms with van der Waals surface area (Å²) in [6, 6.07) is 6.97. The van der Waals surface area contributed by atoms with Crippen LogP contribution in [0, 0.1) is 11.8 Å². The zero-order valence-corrected chi connectivity index (χ0v) is 18.8. The molecule has 174 valence electrons. The van der Waals surface area contributed by atoms with Crippen LogP contribution in [0.1, 0.15) is 63.3 Å². The van der Waals surface area contributed by atoms with E-state index in [1.807, 2.05) is 36.6 Å². The third-order valence-corrected chi connectivity index (χ3v) is 5.30. The summed E-state index contributed by atoms with van der Waals surface area (Å²) >= 11 is 0. The first-order valence-electron chi connectivity index (χ1n) is 10.7. The van der Waals surface area contributed by atoms with Gasteiger partial charge in [-0.15, -0.1) is 0 Å². The van der Waals surface area contributed by atoms with Crippen LogP contribution >= 0.6 is 0 Å². The topological polar surface area (TPSA) is 106 Å². The van der Waals surface area contributed by atoms with Crippen LogP contribution in [-0.2, 0) is 4.79 Å². The van der Waals surface area contributed by atoms with Gasteiger partial charge in [0.1, 0.15) is 22.9 Å². The van der Waals surface area contributed by atoms with Crippen LogP contribution < -0.4 is 11.1 Å². The summed E-state index contributed by atoms with van der Waals surface area (Å²) < 4.78 is 1.90. The van der Waals surface area contributed by atoms with E-state index in [0.29, 0.717) is 29.1 Å². The Hall–Kier alpha value is -3.86. The lowest BCUT2D eigenvalue weighted by molar-refractivity contribution is -0.126. The third-order valence-electron chi connectivity index (χ3n) is 5.30. The molecule has 3 N–H and O–H groups in total. The van der Waals surface area contributed by atoms with E-state index in [1.165, 1.54) is 0 Å². The van der Waals surface area contributed by atoms with E-state index >= 15 is 0 Å². The molecule has 33 heavy (non-hydrogen) atoms. The molecule has 1 atom stereocenters. The van der Waals surface area contributed by atoms with Gasteiger partial charge in [-0.2, -0.15) is 0 Å². The summed E-state index contributed by atoms with van der Waals surface area (Å²) in [6.07, 6.45) is 5.11. The number of aromatic nitrogens is 3. The average Bonchev–Trinajstić information content (AvgIpc) is 3.46. The molecule has 0 spiro atoms. The fraction of sp³-hybridized carbons (Fsp3) is 0.360. The van der Waals surface area contributed by atoms with Crippen molar-refractivity contribution < 1.29 is 9.59 Å². The quantitative estimate of drug-likeness (QED) is 0.595. The predicted octanol–water partition coefficient (Wildman–Crippen LogP) is 3.69. The molecule has 4 rings (SSSR count). The highest BCUT2D eigenvalue weighted by Crippen LogP contribution is 2.36. The van der Waals surface area contributed by atoms with Gasteiger partial charge in [0.25, 0.3) is 11.8 Å². The van der Waals surface area contributed by atoms with Crippen LogP contribution in [-0.4, -0.2) is 44.7 Å². The number of imidazole rings is 1. The van der Waals surface area contributed by atoms with Crippen LogP contribution in [0.2, 0.25) is 0 Å². The molecule has 1 aliphatic heterocycles.